The Kier molecular flexibility index (Phi) is 3.19. The molecule has 0 aliphatic heterocycles. The monoisotopic (exact) mass is 231 g/mol. The van der Waals surface area contributed by atoms with Crippen LogP contribution in [0.5, 0.6) is 0 Å². The number of nitrogens with zero attached hydrogens (tertiary/aromatic N) is 4. The van der Waals surface area contributed by atoms with Gasteiger partial charge in [0.25, 0.3) is 0 Å². The van der Waals surface area contributed by atoms with Crippen molar-refractivity contribution in [3.63, 3.8) is 0 Å². The molecule has 0 aromatic carbocycles. The molecule has 2 rings (SSSR count). The second-order valence-corrected chi connectivity index (χ2v) is 4.13. The lowest BCUT2D eigenvalue weighted by Gasteiger charge is -2.14. The van der Waals surface area contributed by atoms with Crippen LogP contribution >= 0.6 is 0 Å². The van der Waals surface area contributed by atoms with Crippen LogP contribution in [0.1, 0.15) is 35.6 Å². The smallest absolute Gasteiger partial charge is 0.149 e. The molecule has 0 radical (unpaired) electrons. The maximum absolute atomic E-state index is 6.20. The molecule has 5 nitrogen and oxygen atoms in total. The predicted molar refractivity (Wildman–Crippen MR) is 65.4 cm³/mol. The van der Waals surface area contributed by atoms with Crippen LogP contribution in [0, 0.1) is 13.8 Å². The Labute approximate surface area is 101 Å². The Morgan fingerprint density at radius 1 is 1.35 bits per heavy atom. The van der Waals surface area contributed by atoms with Crippen LogP contribution in [0.2, 0.25) is 0 Å². The molecule has 0 fully saturated rings. The van der Waals surface area contributed by atoms with E-state index in [1.807, 2.05) is 27.0 Å². The van der Waals surface area contributed by atoms with Crippen LogP contribution < -0.4 is 5.73 Å². The molecule has 1 atom stereocenters. The van der Waals surface area contributed by atoms with Crippen molar-refractivity contribution in [3.8, 4) is 0 Å². The maximum Gasteiger partial charge on any atom is 0.149 e. The van der Waals surface area contributed by atoms with Crippen LogP contribution in [-0.2, 0) is 6.54 Å². The highest BCUT2D eigenvalue weighted by atomic mass is 15.3. The second-order valence-electron chi connectivity index (χ2n) is 4.13. The van der Waals surface area contributed by atoms with E-state index in [-0.39, 0.29) is 6.04 Å². The average molecular weight is 231 g/mol. The van der Waals surface area contributed by atoms with Gasteiger partial charge in [0.05, 0.1) is 5.69 Å². The Hall–Kier alpha value is -1.75. The van der Waals surface area contributed by atoms with Crippen LogP contribution in [0.25, 0.3) is 0 Å². The molecule has 90 valence electrons. The van der Waals surface area contributed by atoms with Crippen molar-refractivity contribution < 1.29 is 0 Å². The molecular weight excluding hydrogens is 214 g/mol. The first-order valence-electron chi connectivity index (χ1n) is 5.70. The fourth-order valence-electron chi connectivity index (χ4n) is 1.93. The highest BCUT2D eigenvalue weighted by Gasteiger charge is 2.18. The summed E-state index contributed by atoms with van der Waals surface area (Å²) in [6.07, 6.45) is 3.36. The molecule has 0 aliphatic carbocycles. The minimum absolute atomic E-state index is 0.321. The summed E-state index contributed by atoms with van der Waals surface area (Å²) in [4.78, 5) is 8.62. The number of hydrogen-bond donors (Lipinski definition) is 1. The quantitative estimate of drug-likeness (QED) is 0.865. The summed E-state index contributed by atoms with van der Waals surface area (Å²) in [5.74, 6) is 0.756. The highest BCUT2D eigenvalue weighted by molar-refractivity contribution is 5.28. The van der Waals surface area contributed by atoms with Gasteiger partial charge in [-0.25, -0.2) is 9.67 Å². The lowest BCUT2D eigenvalue weighted by Crippen LogP contribution is -2.20. The molecule has 0 saturated carbocycles. The molecular formula is C12H17N5. The maximum atomic E-state index is 6.20. The van der Waals surface area contributed by atoms with Crippen molar-refractivity contribution >= 4 is 0 Å². The van der Waals surface area contributed by atoms with Crippen molar-refractivity contribution in [3.05, 3.63) is 41.2 Å². The minimum atomic E-state index is -0.321. The number of pyridine rings is 1. The van der Waals surface area contributed by atoms with E-state index in [2.05, 4.69) is 21.1 Å². The first kappa shape index (κ1) is 11.7. The molecule has 2 heterocycles. The van der Waals surface area contributed by atoms with Gasteiger partial charge < -0.3 is 5.73 Å². The highest BCUT2D eigenvalue weighted by Crippen LogP contribution is 2.19. The van der Waals surface area contributed by atoms with Gasteiger partial charge in [-0.15, -0.1) is 0 Å². The normalized spacial score (nSPS) is 12.7. The van der Waals surface area contributed by atoms with Crippen molar-refractivity contribution in [1.82, 2.24) is 19.7 Å². The number of aryl methyl sites for hydroxylation is 3. The summed E-state index contributed by atoms with van der Waals surface area (Å²) in [5, 5.41) is 4.13. The molecule has 0 aliphatic rings. The molecule has 17 heavy (non-hydrogen) atoms. The van der Waals surface area contributed by atoms with Gasteiger partial charge in [0, 0.05) is 12.7 Å². The molecule has 2 N–H and O–H groups in total. The molecule has 0 bridgehead atoms. The van der Waals surface area contributed by atoms with Crippen LogP contribution in [0.3, 0.4) is 0 Å². The van der Waals surface area contributed by atoms with Gasteiger partial charge in [0.15, 0.2) is 0 Å². The lowest BCUT2D eigenvalue weighted by molar-refractivity contribution is 0.585. The summed E-state index contributed by atoms with van der Waals surface area (Å²) in [5.41, 5.74) is 9.28. The van der Waals surface area contributed by atoms with E-state index in [1.165, 1.54) is 6.33 Å². The Balaban J connectivity index is 2.40. The van der Waals surface area contributed by atoms with E-state index in [0.717, 1.165) is 29.2 Å². The van der Waals surface area contributed by atoms with Gasteiger partial charge in [0.2, 0.25) is 0 Å². The lowest BCUT2D eigenvalue weighted by atomic mass is 10.1. The zero-order valence-corrected chi connectivity index (χ0v) is 10.4. The fourth-order valence-corrected chi connectivity index (χ4v) is 1.93. The number of aromatic nitrogens is 4. The van der Waals surface area contributed by atoms with Gasteiger partial charge in [-0.2, -0.15) is 5.10 Å². The average Bonchev–Trinajstić information content (AvgIpc) is 2.76. The van der Waals surface area contributed by atoms with E-state index in [1.54, 1.807) is 4.68 Å². The molecule has 0 amide bonds. The third kappa shape index (κ3) is 2.19. The van der Waals surface area contributed by atoms with E-state index in [9.17, 15) is 0 Å². The SMILES string of the molecule is CCn1ncnc1C(N)c1ncc(C)cc1C. The van der Waals surface area contributed by atoms with Crippen molar-refractivity contribution in [2.24, 2.45) is 5.73 Å². The van der Waals surface area contributed by atoms with Gasteiger partial charge in [-0.1, -0.05) is 6.07 Å². The van der Waals surface area contributed by atoms with E-state index in [4.69, 9.17) is 5.73 Å². The zero-order valence-electron chi connectivity index (χ0n) is 10.4. The topological polar surface area (TPSA) is 69.6 Å². The molecule has 2 aromatic rings. The standard InChI is InChI=1S/C12H17N5/c1-4-17-12(15-7-16-17)10(13)11-9(3)5-8(2)6-14-11/h5-7,10H,4,13H2,1-3H3. The summed E-state index contributed by atoms with van der Waals surface area (Å²) in [7, 11) is 0. The summed E-state index contributed by atoms with van der Waals surface area (Å²) in [6, 6.07) is 1.76. The van der Waals surface area contributed by atoms with Gasteiger partial charge >= 0.3 is 0 Å². The predicted octanol–water partition coefficient (Wildman–Crippen LogP) is 1.36. The van der Waals surface area contributed by atoms with Crippen LogP contribution in [-0.4, -0.2) is 19.7 Å². The van der Waals surface area contributed by atoms with Gasteiger partial charge in [0.1, 0.15) is 18.2 Å². The summed E-state index contributed by atoms with van der Waals surface area (Å²) in [6.45, 7) is 6.81. The summed E-state index contributed by atoms with van der Waals surface area (Å²) >= 11 is 0. The molecule has 0 saturated heterocycles. The van der Waals surface area contributed by atoms with Crippen LogP contribution in [0.4, 0.5) is 0 Å². The van der Waals surface area contributed by atoms with E-state index >= 15 is 0 Å². The Morgan fingerprint density at radius 3 is 2.76 bits per heavy atom. The third-order valence-corrected chi connectivity index (χ3v) is 2.77. The molecule has 5 heteroatoms. The van der Waals surface area contributed by atoms with E-state index < -0.39 is 0 Å². The Morgan fingerprint density at radius 2 is 2.12 bits per heavy atom. The largest absolute Gasteiger partial charge is 0.316 e. The van der Waals surface area contributed by atoms with Gasteiger partial charge in [-0.05, 0) is 31.9 Å². The minimum Gasteiger partial charge on any atom is -0.316 e. The van der Waals surface area contributed by atoms with Crippen LogP contribution in [0.15, 0.2) is 18.6 Å². The fraction of sp³-hybridized carbons (Fsp3) is 0.417. The zero-order chi connectivity index (χ0) is 12.4. The van der Waals surface area contributed by atoms with Crippen molar-refractivity contribution in [2.75, 3.05) is 0 Å². The second kappa shape index (κ2) is 4.63. The Bertz CT molecular complexity index is 517. The van der Waals surface area contributed by atoms with Crippen molar-refractivity contribution in [2.45, 2.75) is 33.4 Å². The molecule has 1 unspecified atom stereocenters. The number of hydrogen-bond acceptors (Lipinski definition) is 4. The molecule has 0 spiro atoms. The first-order valence-corrected chi connectivity index (χ1v) is 5.70. The van der Waals surface area contributed by atoms with E-state index in [0.29, 0.717) is 0 Å². The third-order valence-electron chi connectivity index (χ3n) is 2.77. The van der Waals surface area contributed by atoms with Gasteiger partial charge in [-0.3, -0.25) is 4.98 Å². The van der Waals surface area contributed by atoms with Crippen molar-refractivity contribution in [1.29, 1.82) is 0 Å². The number of nitrogens with two attached hydrogens (primary N) is 1. The molecule has 2 aromatic heterocycles. The first-order chi connectivity index (χ1) is 8.13. The number of rotatable bonds is 3. The summed E-state index contributed by atoms with van der Waals surface area (Å²) < 4.78 is 1.80.